The van der Waals surface area contributed by atoms with Gasteiger partial charge in [0.15, 0.2) is 0 Å². The van der Waals surface area contributed by atoms with Gasteiger partial charge in [0.05, 0.1) is 59.1 Å². The van der Waals surface area contributed by atoms with Gasteiger partial charge in [-0.3, -0.25) is 19.9 Å². The highest BCUT2D eigenvalue weighted by atomic mass is 16.5. The molecule has 14 aromatic rings. The van der Waals surface area contributed by atoms with Crippen LogP contribution < -0.4 is 9.47 Å². The summed E-state index contributed by atoms with van der Waals surface area (Å²) in [5.74, 6) is 30.7. The Morgan fingerprint density at radius 1 is 0.296 bits per heavy atom. The van der Waals surface area contributed by atoms with Crippen molar-refractivity contribution in [2.24, 2.45) is 0 Å². The fourth-order valence-electron chi connectivity index (χ4n) is 16.0. The molecule has 0 N–H and O–H groups in total. The van der Waals surface area contributed by atoms with Gasteiger partial charge in [-0.05, 0) is 241 Å². The summed E-state index contributed by atoms with van der Waals surface area (Å²) >= 11 is 0. The molecule has 0 fully saturated rings. The summed E-state index contributed by atoms with van der Waals surface area (Å²) in [5, 5.41) is 3.81. The molecule has 5 aliphatic rings. The van der Waals surface area contributed by atoms with Crippen LogP contribution >= 0.6 is 0 Å². The van der Waals surface area contributed by atoms with Crippen LogP contribution in [0.25, 0.3) is 111 Å². The highest BCUT2D eigenvalue weighted by Crippen LogP contribution is 2.49. The molecule has 7 heterocycles. The van der Waals surface area contributed by atoms with Crippen molar-refractivity contribution in [3.8, 4) is 126 Å². The average molecular weight is 1260 g/mol. The van der Waals surface area contributed by atoms with Crippen LogP contribution in [0.1, 0.15) is 100 Å². The summed E-state index contributed by atoms with van der Waals surface area (Å²) in [6, 6.07) is 56.2. The Labute approximate surface area is 567 Å². The maximum atomic E-state index is 5.80. The van der Waals surface area contributed by atoms with Gasteiger partial charge in [-0.2, -0.15) is 0 Å². The van der Waals surface area contributed by atoms with Crippen LogP contribution in [0.2, 0.25) is 0 Å². The third-order valence-corrected chi connectivity index (χ3v) is 20.9. The normalized spacial score (nSPS) is 13.2. The first-order chi connectivity index (χ1) is 48.2. The Kier molecular flexibility index (Phi) is 13.2. The monoisotopic (exact) mass is 1250 g/mol. The van der Waals surface area contributed by atoms with Gasteiger partial charge in [0.25, 0.3) is 0 Å². The molecular weight excluding hydrogens is 1200 g/mol. The smallest absolute Gasteiger partial charge is 0.118 e. The van der Waals surface area contributed by atoms with Crippen molar-refractivity contribution in [1.29, 1.82) is 0 Å². The predicted octanol–water partition coefficient (Wildman–Crippen LogP) is 17.6. The lowest BCUT2D eigenvalue weighted by molar-refractivity contribution is 0.415. The number of ether oxygens (including phenoxy) is 2. The molecule has 0 atom stereocenters. The SMILES string of the molecule is COc1ccc(-c2c3c4nc5c2CCc2ccc(cc2-5)C#Cc2ccnc5c(C)c6nccc(c6cc25)C#Cc2ccc5c(c2)-c2nc6c(c(-c7ccc(OC)cc7)c2CC5)CCc2ccc(cc2-6)C#Cc2ccnc5c(C)c6nccc(c6cc25)C#Cc2ccc(c-4c2)CC3)cc1. The van der Waals surface area contributed by atoms with Gasteiger partial charge < -0.3 is 9.47 Å². The Hall–Kier alpha value is -12.5. The van der Waals surface area contributed by atoms with Crippen LogP contribution in [0, 0.1) is 61.2 Å². The van der Waals surface area contributed by atoms with Crippen molar-refractivity contribution in [2.75, 3.05) is 14.2 Å². The molecule has 0 unspecified atom stereocenters. The van der Waals surface area contributed by atoms with Gasteiger partial charge in [0.2, 0.25) is 0 Å². The molecular formula is C90H58N6O2. The van der Waals surface area contributed by atoms with Crippen molar-refractivity contribution in [2.45, 2.75) is 65.2 Å². The van der Waals surface area contributed by atoms with Crippen molar-refractivity contribution in [3.05, 3.63) is 283 Å². The summed E-state index contributed by atoms with van der Waals surface area (Å²) in [4.78, 5) is 31.4. The van der Waals surface area contributed by atoms with Crippen LogP contribution in [0.15, 0.2) is 183 Å². The van der Waals surface area contributed by atoms with E-state index in [1.54, 1.807) is 14.2 Å². The quantitative estimate of drug-likeness (QED) is 0.127. The maximum absolute atomic E-state index is 5.80. The third kappa shape index (κ3) is 9.29. The summed E-state index contributed by atoms with van der Waals surface area (Å²) < 4.78 is 11.4. The van der Waals surface area contributed by atoms with E-state index in [1.165, 1.54) is 55.6 Å². The van der Waals surface area contributed by atoms with Crippen LogP contribution in [0.4, 0.5) is 0 Å². The number of fused-ring (bicyclic) bond motifs is 4. The van der Waals surface area contributed by atoms with E-state index in [0.29, 0.717) is 0 Å². The molecule has 0 spiro atoms. The molecule has 1 aliphatic heterocycles. The largest absolute Gasteiger partial charge is 0.497 e. The number of aromatic nitrogens is 6. The van der Waals surface area contributed by atoms with E-state index in [-0.39, 0.29) is 0 Å². The Morgan fingerprint density at radius 2 is 0.571 bits per heavy atom. The van der Waals surface area contributed by atoms with Gasteiger partial charge in [0.1, 0.15) is 11.5 Å². The molecule has 6 aromatic heterocycles. The average Bonchev–Trinajstić information content (AvgIpc) is 0.741. The van der Waals surface area contributed by atoms with Crippen molar-refractivity contribution < 1.29 is 9.47 Å². The van der Waals surface area contributed by atoms with E-state index in [9.17, 15) is 0 Å². The number of rotatable bonds is 4. The standard InChI is InChI=1S/C90H58N6O2/c1-51-83-77-49-78-62(38-42-92-84(51)78)18-10-54-6-14-58-26-34-70-82(66-23-31-68(98-4)32-24-66)72-36-28-60-16-8-56(48-76(60)90(72)96-88(70)74(58)46-54)12-20-64-40-44-94-86-52(2)85-79(50-80(64)86)63(39-43-93-85)19-11-55-7-15-59-27-35-71-81(65-21-29-67(97-3)30-22-65)69-33-25-57-13-5-53(9-17-61(77)37-41-91-83)45-73(57)87(69)95-89(71)75(59)47-55/h5-8,13-16,21-24,29-32,37-50H,25-28,33-36H2,1-4H3. The third-order valence-electron chi connectivity index (χ3n) is 20.9. The van der Waals surface area contributed by atoms with Gasteiger partial charge in [0, 0.05) is 124 Å². The van der Waals surface area contributed by atoms with E-state index < -0.39 is 0 Å². The van der Waals surface area contributed by atoms with Crippen LogP contribution in [-0.4, -0.2) is 44.1 Å². The second kappa shape index (κ2) is 22.6. The summed E-state index contributed by atoms with van der Waals surface area (Å²) in [5.41, 5.74) is 35.9. The Morgan fingerprint density at radius 3 is 0.837 bits per heavy atom. The van der Waals surface area contributed by atoms with Gasteiger partial charge in [-0.15, -0.1) is 0 Å². The minimum atomic E-state index is 0.822. The molecule has 0 saturated carbocycles. The second-order valence-corrected chi connectivity index (χ2v) is 26.2. The van der Waals surface area contributed by atoms with Crippen molar-refractivity contribution in [3.63, 3.8) is 0 Å². The molecule has 16 bridgehead atoms. The lowest BCUT2D eigenvalue weighted by atomic mass is 9.78. The second-order valence-electron chi connectivity index (χ2n) is 26.2. The van der Waals surface area contributed by atoms with Gasteiger partial charge >= 0.3 is 0 Å². The molecule has 0 amide bonds. The highest BCUT2D eigenvalue weighted by molar-refractivity contribution is 6.04. The van der Waals surface area contributed by atoms with Crippen molar-refractivity contribution in [1.82, 2.24) is 29.9 Å². The Bertz CT molecular complexity index is 5500. The van der Waals surface area contributed by atoms with E-state index in [0.717, 1.165) is 218 Å². The summed E-state index contributed by atoms with van der Waals surface area (Å²) in [7, 11) is 3.44. The van der Waals surface area contributed by atoms with Crippen LogP contribution in [-0.2, 0) is 51.4 Å². The maximum Gasteiger partial charge on any atom is 0.118 e. The number of pyridine rings is 6. The van der Waals surface area contributed by atoms with Crippen molar-refractivity contribution >= 4 is 43.6 Å². The zero-order valence-corrected chi connectivity index (χ0v) is 54.5. The zero-order valence-electron chi connectivity index (χ0n) is 54.5. The van der Waals surface area contributed by atoms with Crippen LogP contribution in [0.5, 0.6) is 11.5 Å². The number of nitrogens with zero attached hydrogens (tertiary/aromatic N) is 6. The van der Waals surface area contributed by atoms with E-state index in [1.807, 2.05) is 49.1 Å². The molecule has 0 radical (unpaired) electrons. The lowest BCUT2D eigenvalue weighted by Gasteiger charge is -2.29. The molecule has 8 heteroatoms. The van der Waals surface area contributed by atoms with Gasteiger partial charge in [-0.1, -0.05) is 95.9 Å². The minimum absolute atomic E-state index is 0.822. The predicted molar refractivity (Wildman–Crippen MR) is 391 cm³/mol. The molecule has 460 valence electrons. The first-order valence-corrected chi connectivity index (χ1v) is 33.6. The zero-order chi connectivity index (χ0) is 65.3. The Balaban J connectivity index is 0.824. The number of hydrogen-bond donors (Lipinski definition) is 0. The van der Waals surface area contributed by atoms with E-state index in [2.05, 4.69) is 195 Å². The number of benzene rings is 8. The topological polar surface area (TPSA) is 95.8 Å². The molecule has 98 heavy (non-hydrogen) atoms. The van der Waals surface area contributed by atoms with Gasteiger partial charge in [-0.25, -0.2) is 9.97 Å². The molecule has 8 aromatic carbocycles. The highest BCUT2D eigenvalue weighted by Gasteiger charge is 2.32. The minimum Gasteiger partial charge on any atom is -0.497 e. The number of methoxy groups -OCH3 is 2. The number of hydrogen-bond acceptors (Lipinski definition) is 8. The molecule has 8 nitrogen and oxygen atoms in total. The molecule has 4 aliphatic carbocycles. The van der Waals surface area contributed by atoms with E-state index in [4.69, 9.17) is 39.4 Å². The van der Waals surface area contributed by atoms with E-state index >= 15 is 0 Å². The fraction of sp³-hybridized carbons (Fsp3) is 0.133. The number of aryl methyl sites for hydroxylation is 6. The first-order valence-electron chi connectivity index (χ1n) is 33.6. The summed E-state index contributed by atoms with van der Waals surface area (Å²) in [6.45, 7) is 4.21. The molecule has 19 rings (SSSR count). The lowest BCUT2D eigenvalue weighted by Crippen LogP contribution is -2.15. The molecule has 0 saturated heterocycles. The summed E-state index contributed by atoms with van der Waals surface area (Å²) in [6.07, 6.45) is 14.5. The fourth-order valence-corrected chi connectivity index (χ4v) is 16.0. The first kappa shape index (κ1) is 57.0. The van der Waals surface area contributed by atoms with Crippen LogP contribution in [0.3, 0.4) is 0 Å².